The zero-order valence-corrected chi connectivity index (χ0v) is 13.7. The number of carbonyl (C=O) groups excluding carboxylic acids is 1. The number of rotatable bonds is 4. The van der Waals surface area contributed by atoms with Crippen molar-refractivity contribution in [3.63, 3.8) is 0 Å². The summed E-state index contributed by atoms with van der Waals surface area (Å²) in [6, 6.07) is 20.4. The molecule has 4 nitrogen and oxygen atoms in total. The number of ether oxygens (including phenoxy) is 1. The molecule has 2 fully saturated rings. The average molecular weight is 322 g/mol. The lowest BCUT2D eigenvalue weighted by Crippen LogP contribution is -2.58. The summed E-state index contributed by atoms with van der Waals surface area (Å²) in [5.41, 5.74) is 1.80. The molecule has 0 aliphatic carbocycles. The van der Waals surface area contributed by atoms with Crippen molar-refractivity contribution < 1.29 is 9.53 Å². The van der Waals surface area contributed by atoms with Crippen LogP contribution >= 0.6 is 0 Å². The van der Waals surface area contributed by atoms with Gasteiger partial charge in [-0.3, -0.25) is 4.79 Å². The van der Waals surface area contributed by atoms with E-state index in [4.69, 9.17) is 4.74 Å². The summed E-state index contributed by atoms with van der Waals surface area (Å²) >= 11 is 0. The number of hydrogen-bond donors (Lipinski definition) is 1. The molecular formula is C20H22N2O2. The molecule has 1 unspecified atom stereocenters. The summed E-state index contributed by atoms with van der Waals surface area (Å²) in [5, 5.41) is 3.31. The lowest BCUT2D eigenvalue weighted by atomic mass is 9.93. The van der Waals surface area contributed by atoms with Crippen molar-refractivity contribution >= 4 is 5.97 Å². The van der Waals surface area contributed by atoms with Crippen LogP contribution < -0.4 is 5.32 Å². The first kappa shape index (κ1) is 15.4. The predicted octanol–water partition coefficient (Wildman–Crippen LogP) is 2.00. The fourth-order valence-corrected chi connectivity index (χ4v) is 3.88. The Morgan fingerprint density at radius 1 is 1.00 bits per heavy atom. The third-order valence-electron chi connectivity index (χ3n) is 4.98. The minimum atomic E-state index is -0.591. The molecule has 2 aliphatic heterocycles. The normalized spacial score (nSPS) is 22.8. The molecule has 0 aromatic heterocycles. The number of nitrogens with one attached hydrogen (secondary N) is 1. The second kappa shape index (κ2) is 6.38. The molecule has 1 atom stereocenters. The summed E-state index contributed by atoms with van der Waals surface area (Å²) < 4.78 is 6.05. The molecule has 24 heavy (non-hydrogen) atoms. The first-order valence-corrected chi connectivity index (χ1v) is 8.55. The number of piperazine rings is 1. The van der Waals surface area contributed by atoms with E-state index in [0.29, 0.717) is 19.4 Å². The molecule has 2 saturated heterocycles. The fraction of sp³-hybridized carbons (Fsp3) is 0.350. The number of nitrogens with zero attached hydrogens (tertiary/aromatic N) is 1. The average Bonchev–Trinajstić information content (AvgIpc) is 2.89. The Balaban J connectivity index is 1.70. The molecule has 0 spiro atoms. The molecular weight excluding hydrogens is 300 g/mol. The van der Waals surface area contributed by atoms with Gasteiger partial charge in [-0.2, -0.15) is 0 Å². The number of cyclic esters (lactones) is 1. The van der Waals surface area contributed by atoms with Crippen LogP contribution in [0.2, 0.25) is 0 Å². The van der Waals surface area contributed by atoms with Crippen molar-refractivity contribution in [2.75, 3.05) is 19.6 Å². The SMILES string of the molecule is O=C1OC(Cc2ccccc2)(Cc2ccccc2)N2CCNCC12. The van der Waals surface area contributed by atoms with E-state index >= 15 is 0 Å². The van der Waals surface area contributed by atoms with Crippen LogP contribution in [0.25, 0.3) is 0 Å². The molecule has 4 heteroatoms. The van der Waals surface area contributed by atoms with Gasteiger partial charge in [0.1, 0.15) is 6.04 Å². The largest absolute Gasteiger partial charge is 0.442 e. The second-order valence-corrected chi connectivity index (χ2v) is 6.61. The molecule has 2 aromatic rings. The standard InChI is InChI=1S/C20H22N2O2/c23-19-18-15-21-11-12-22(18)20(24-19,13-16-7-3-1-4-8-16)14-17-9-5-2-6-10-17/h1-10,18,21H,11-15H2. The summed E-state index contributed by atoms with van der Waals surface area (Å²) in [7, 11) is 0. The number of benzene rings is 2. The van der Waals surface area contributed by atoms with Gasteiger partial charge in [0.15, 0.2) is 5.72 Å². The van der Waals surface area contributed by atoms with Crippen LogP contribution in [0.1, 0.15) is 11.1 Å². The Kier molecular flexibility index (Phi) is 4.08. The van der Waals surface area contributed by atoms with Crippen molar-refractivity contribution in [3.8, 4) is 0 Å². The van der Waals surface area contributed by atoms with Gasteiger partial charge >= 0.3 is 5.97 Å². The van der Waals surface area contributed by atoms with E-state index < -0.39 is 5.72 Å². The first-order valence-electron chi connectivity index (χ1n) is 8.55. The number of fused-ring (bicyclic) bond motifs is 1. The second-order valence-electron chi connectivity index (χ2n) is 6.61. The molecule has 124 valence electrons. The molecule has 0 amide bonds. The van der Waals surface area contributed by atoms with Gasteiger partial charge in [-0.25, -0.2) is 4.90 Å². The highest BCUT2D eigenvalue weighted by atomic mass is 16.6. The number of hydrogen-bond acceptors (Lipinski definition) is 4. The molecule has 0 saturated carbocycles. The third kappa shape index (κ3) is 2.83. The van der Waals surface area contributed by atoms with Crippen molar-refractivity contribution in [2.24, 2.45) is 0 Å². The monoisotopic (exact) mass is 322 g/mol. The minimum absolute atomic E-state index is 0.103. The Morgan fingerprint density at radius 3 is 2.17 bits per heavy atom. The summed E-state index contributed by atoms with van der Waals surface area (Å²) in [4.78, 5) is 14.8. The third-order valence-corrected chi connectivity index (χ3v) is 4.98. The van der Waals surface area contributed by atoms with E-state index in [0.717, 1.165) is 13.1 Å². The van der Waals surface area contributed by atoms with E-state index in [-0.39, 0.29) is 12.0 Å². The smallest absolute Gasteiger partial charge is 0.326 e. The highest BCUT2D eigenvalue weighted by Crippen LogP contribution is 2.36. The lowest BCUT2D eigenvalue weighted by molar-refractivity contribution is -0.153. The Morgan fingerprint density at radius 2 is 1.58 bits per heavy atom. The van der Waals surface area contributed by atoms with Crippen LogP contribution in [0.5, 0.6) is 0 Å². The summed E-state index contributed by atoms with van der Waals surface area (Å²) in [5.74, 6) is -0.103. The molecule has 2 aliphatic rings. The van der Waals surface area contributed by atoms with Gasteiger partial charge < -0.3 is 10.1 Å². The minimum Gasteiger partial charge on any atom is -0.442 e. The van der Waals surface area contributed by atoms with E-state index in [2.05, 4.69) is 34.5 Å². The van der Waals surface area contributed by atoms with Crippen LogP contribution in [0.4, 0.5) is 0 Å². The van der Waals surface area contributed by atoms with Crippen molar-refractivity contribution in [1.29, 1.82) is 0 Å². The van der Waals surface area contributed by atoms with Gasteiger partial charge in [0.25, 0.3) is 0 Å². The van der Waals surface area contributed by atoms with Gasteiger partial charge in [0.2, 0.25) is 0 Å². The number of esters is 1. The van der Waals surface area contributed by atoms with E-state index in [1.165, 1.54) is 11.1 Å². The molecule has 1 N–H and O–H groups in total. The molecule has 2 aromatic carbocycles. The molecule has 0 bridgehead atoms. The van der Waals surface area contributed by atoms with Gasteiger partial charge in [-0.1, -0.05) is 60.7 Å². The Labute approximate surface area is 142 Å². The van der Waals surface area contributed by atoms with Crippen molar-refractivity contribution in [3.05, 3.63) is 71.8 Å². The lowest BCUT2D eigenvalue weighted by Gasteiger charge is -2.40. The van der Waals surface area contributed by atoms with E-state index in [1.54, 1.807) is 0 Å². The predicted molar refractivity (Wildman–Crippen MR) is 92.5 cm³/mol. The van der Waals surface area contributed by atoms with Crippen LogP contribution in [0.3, 0.4) is 0 Å². The summed E-state index contributed by atoms with van der Waals surface area (Å²) in [6.45, 7) is 2.39. The highest BCUT2D eigenvalue weighted by molar-refractivity contribution is 5.79. The summed E-state index contributed by atoms with van der Waals surface area (Å²) in [6.07, 6.45) is 1.43. The fourth-order valence-electron chi connectivity index (χ4n) is 3.88. The van der Waals surface area contributed by atoms with Crippen molar-refractivity contribution in [1.82, 2.24) is 10.2 Å². The van der Waals surface area contributed by atoms with E-state index in [9.17, 15) is 4.79 Å². The van der Waals surface area contributed by atoms with Gasteiger partial charge in [0.05, 0.1) is 0 Å². The van der Waals surface area contributed by atoms with Gasteiger partial charge in [0, 0.05) is 32.5 Å². The van der Waals surface area contributed by atoms with Crippen LogP contribution in [-0.2, 0) is 22.4 Å². The Hall–Kier alpha value is -2.17. The first-order chi connectivity index (χ1) is 11.8. The van der Waals surface area contributed by atoms with Crippen LogP contribution in [0, 0.1) is 0 Å². The highest BCUT2D eigenvalue weighted by Gasteiger charge is 2.53. The maximum Gasteiger partial charge on any atom is 0.326 e. The van der Waals surface area contributed by atoms with E-state index in [1.807, 2.05) is 36.4 Å². The van der Waals surface area contributed by atoms with Gasteiger partial charge in [-0.15, -0.1) is 0 Å². The van der Waals surface area contributed by atoms with Crippen molar-refractivity contribution in [2.45, 2.75) is 24.6 Å². The number of carbonyl (C=O) groups is 1. The molecule has 2 heterocycles. The molecule has 0 radical (unpaired) electrons. The molecule has 4 rings (SSSR count). The topological polar surface area (TPSA) is 41.6 Å². The maximum absolute atomic E-state index is 12.5. The maximum atomic E-state index is 12.5. The Bertz CT molecular complexity index is 661. The van der Waals surface area contributed by atoms with Gasteiger partial charge in [-0.05, 0) is 11.1 Å². The zero-order valence-electron chi connectivity index (χ0n) is 13.7. The zero-order chi connectivity index (χ0) is 16.4. The van der Waals surface area contributed by atoms with Crippen LogP contribution in [0.15, 0.2) is 60.7 Å². The van der Waals surface area contributed by atoms with Crippen LogP contribution in [-0.4, -0.2) is 42.3 Å². The quantitative estimate of drug-likeness (QED) is 0.874.